The molecule has 2 aromatic carbocycles. The number of hydrogen-bond donors (Lipinski definition) is 1. The molecule has 1 saturated carbocycles. The van der Waals surface area contributed by atoms with Crippen molar-refractivity contribution in [1.82, 2.24) is 0 Å². The summed E-state index contributed by atoms with van der Waals surface area (Å²) >= 11 is 7.22. The number of ether oxygens (including phenoxy) is 1. The number of hydrogen-bond acceptors (Lipinski definition) is 4. The summed E-state index contributed by atoms with van der Waals surface area (Å²) in [5.41, 5.74) is 2.32. The first-order valence-electron chi connectivity index (χ1n) is 9.67. The van der Waals surface area contributed by atoms with Crippen molar-refractivity contribution in [1.29, 1.82) is 0 Å². The molecule has 1 aliphatic rings. The van der Waals surface area contributed by atoms with E-state index in [2.05, 4.69) is 0 Å². The van der Waals surface area contributed by atoms with Crippen LogP contribution in [0.2, 0.25) is 5.02 Å². The van der Waals surface area contributed by atoms with Crippen molar-refractivity contribution in [2.24, 2.45) is 5.92 Å². The Labute approximate surface area is 183 Å². The Kier molecular flexibility index (Phi) is 6.06. The second-order valence-corrected chi connectivity index (χ2v) is 8.65. The highest BCUT2D eigenvalue weighted by molar-refractivity contribution is 7.18. The first kappa shape index (κ1) is 20.4. The van der Waals surface area contributed by atoms with Gasteiger partial charge in [0.25, 0.3) is 0 Å². The molecule has 0 aliphatic heterocycles. The topological polar surface area (TPSA) is 66.8 Å². The number of halogens is 1. The molecule has 1 heterocycles. The highest BCUT2D eigenvalue weighted by Crippen LogP contribution is 2.44. The van der Waals surface area contributed by atoms with Gasteiger partial charge in [-0.05, 0) is 42.2 Å². The monoisotopic (exact) mass is 441 g/mol. The molecule has 3 aromatic rings. The van der Waals surface area contributed by atoms with Gasteiger partial charge in [0.15, 0.2) is 0 Å². The molecule has 1 amide bonds. The van der Waals surface area contributed by atoms with Gasteiger partial charge >= 0.3 is 6.16 Å². The second kappa shape index (κ2) is 8.90. The van der Waals surface area contributed by atoms with Crippen LogP contribution in [0.15, 0.2) is 60.7 Å². The third-order valence-corrected chi connectivity index (χ3v) is 6.49. The molecule has 5 nitrogen and oxygen atoms in total. The van der Waals surface area contributed by atoms with Crippen molar-refractivity contribution in [2.45, 2.75) is 25.8 Å². The molecule has 1 aliphatic carbocycles. The molecule has 7 heteroatoms. The smallest absolute Gasteiger partial charge is 0.449 e. The molecule has 30 heavy (non-hydrogen) atoms. The van der Waals surface area contributed by atoms with Crippen LogP contribution in [0.5, 0.6) is 5.06 Å². The molecule has 4 rings (SSSR count). The van der Waals surface area contributed by atoms with Gasteiger partial charge in [0, 0.05) is 15.8 Å². The zero-order valence-electron chi connectivity index (χ0n) is 16.1. The summed E-state index contributed by atoms with van der Waals surface area (Å²) in [4.78, 5) is 27.1. The second-order valence-electron chi connectivity index (χ2n) is 7.20. The fraction of sp³-hybridized carbons (Fsp3) is 0.217. The van der Waals surface area contributed by atoms with E-state index < -0.39 is 6.16 Å². The van der Waals surface area contributed by atoms with Crippen molar-refractivity contribution in [3.63, 3.8) is 0 Å². The van der Waals surface area contributed by atoms with Crippen molar-refractivity contribution in [3.05, 3.63) is 71.2 Å². The van der Waals surface area contributed by atoms with Crippen LogP contribution in [0.25, 0.3) is 10.4 Å². The van der Waals surface area contributed by atoms with Gasteiger partial charge in [-0.3, -0.25) is 4.79 Å². The first-order valence-corrected chi connectivity index (χ1v) is 10.9. The molecule has 0 radical (unpaired) electrons. The van der Waals surface area contributed by atoms with Gasteiger partial charge < -0.3 is 14.7 Å². The predicted octanol–water partition coefficient (Wildman–Crippen LogP) is 6.46. The third-order valence-electron chi connectivity index (χ3n) is 5.18. The number of anilines is 1. The fourth-order valence-corrected chi connectivity index (χ4v) is 4.52. The zero-order chi connectivity index (χ0) is 21.1. The molecule has 0 spiro atoms. The molecular weight excluding hydrogens is 422 g/mol. The summed E-state index contributed by atoms with van der Waals surface area (Å²) in [7, 11) is 0. The van der Waals surface area contributed by atoms with Gasteiger partial charge in [-0.2, -0.15) is 0 Å². The fourth-order valence-electron chi connectivity index (χ4n) is 3.38. The standard InChI is InChI=1S/C23H20ClNO4S/c24-18-11-9-15(10-12-18)14-25(21(26)17-7-4-8-17)19-13-20(16-5-2-1-3-6-16)30-22(19)29-23(27)28/h1-3,5-6,9-13,17H,4,7-8,14H2,(H,27,28). The molecule has 0 atom stereocenters. The lowest BCUT2D eigenvalue weighted by Crippen LogP contribution is -2.38. The molecular formula is C23H20ClNO4S. The van der Waals surface area contributed by atoms with E-state index in [1.165, 1.54) is 11.3 Å². The first-order chi connectivity index (χ1) is 14.5. The molecule has 1 N–H and O–H groups in total. The number of thiophene rings is 1. The third kappa shape index (κ3) is 4.50. The number of nitrogens with zero attached hydrogens (tertiary/aromatic N) is 1. The molecule has 0 bridgehead atoms. The maximum absolute atomic E-state index is 13.3. The number of carbonyl (C=O) groups excluding carboxylic acids is 1. The molecule has 0 saturated heterocycles. The van der Waals surface area contributed by atoms with E-state index >= 15 is 0 Å². The lowest BCUT2D eigenvalue weighted by Gasteiger charge is -2.31. The van der Waals surface area contributed by atoms with Crippen LogP contribution in [0.3, 0.4) is 0 Å². The van der Waals surface area contributed by atoms with E-state index in [-0.39, 0.29) is 16.9 Å². The number of benzene rings is 2. The van der Waals surface area contributed by atoms with Crippen LogP contribution >= 0.6 is 22.9 Å². The normalized spacial score (nSPS) is 13.5. The van der Waals surface area contributed by atoms with Crippen LogP contribution in [0, 0.1) is 5.92 Å². The van der Waals surface area contributed by atoms with Crippen molar-refractivity contribution in [2.75, 3.05) is 4.90 Å². The Morgan fingerprint density at radius 3 is 2.40 bits per heavy atom. The van der Waals surface area contributed by atoms with Crippen molar-refractivity contribution < 1.29 is 19.4 Å². The largest absolute Gasteiger partial charge is 0.512 e. The number of carbonyl (C=O) groups is 2. The summed E-state index contributed by atoms with van der Waals surface area (Å²) in [6.45, 7) is 0.313. The minimum atomic E-state index is -1.40. The van der Waals surface area contributed by atoms with Gasteiger partial charge in [-0.25, -0.2) is 4.79 Å². The van der Waals surface area contributed by atoms with Gasteiger partial charge in [-0.1, -0.05) is 71.8 Å². The van der Waals surface area contributed by atoms with Crippen LogP contribution < -0.4 is 9.64 Å². The van der Waals surface area contributed by atoms with E-state index in [9.17, 15) is 14.7 Å². The van der Waals surface area contributed by atoms with E-state index in [1.807, 2.05) is 48.5 Å². The van der Waals surface area contributed by atoms with E-state index in [1.54, 1.807) is 17.0 Å². The quantitative estimate of drug-likeness (QED) is 0.446. The molecule has 1 aromatic heterocycles. The van der Waals surface area contributed by atoms with Gasteiger partial charge in [0.05, 0.1) is 12.2 Å². The van der Waals surface area contributed by atoms with E-state index in [0.29, 0.717) is 17.3 Å². The summed E-state index contributed by atoms with van der Waals surface area (Å²) in [5, 5.41) is 10.1. The van der Waals surface area contributed by atoms with Crippen LogP contribution in [-0.2, 0) is 11.3 Å². The summed E-state index contributed by atoms with van der Waals surface area (Å²) < 4.78 is 5.09. The van der Waals surface area contributed by atoms with Gasteiger partial charge in [0.2, 0.25) is 11.0 Å². The lowest BCUT2D eigenvalue weighted by molar-refractivity contribution is -0.124. The van der Waals surface area contributed by atoms with Crippen molar-refractivity contribution >= 4 is 40.7 Å². The van der Waals surface area contributed by atoms with Gasteiger partial charge in [0.1, 0.15) is 0 Å². The Morgan fingerprint density at radius 1 is 1.10 bits per heavy atom. The maximum Gasteiger partial charge on any atom is 0.512 e. The summed E-state index contributed by atoms with van der Waals surface area (Å²) in [6, 6.07) is 18.8. The predicted molar refractivity (Wildman–Crippen MR) is 118 cm³/mol. The van der Waals surface area contributed by atoms with Crippen molar-refractivity contribution in [3.8, 4) is 15.5 Å². The summed E-state index contributed by atoms with van der Waals surface area (Å²) in [6.07, 6.45) is 1.32. The average Bonchev–Trinajstić information content (AvgIpc) is 3.09. The number of carboxylic acid groups (broad SMARTS) is 1. The Hall–Kier alpha value is -2.83. The minimum absolute atomic E-state index is 0.0103. The Balaban J connectivity index is 1.75. The highest BCUT2D eigenvalue weighted by atomic mass is 35.5. The highest BCUT2D eigenvalue weighted by Gasteiger charge is 2.33. The van der Waals surface area contributed by atoms with Gasteiger partial charge in [-0.15, -0.1) is 0 Å². The maximum atomic E-state index is 13.3. The van der Waals surface area contributed by atoms with Crippen LogP contribution in [0.4, 0.5) is 10.5 Å². The number of amides is 1. The molecule has 154 valence electrons. The molecule has 1 fully saturated rings. The van der Waals surface area contributed by atoms with Crippen LogP contribution in [0.1, 0.15) is 24.8 Å². The zero-order valence-corrected chi connectivity index (χ0v) is 17.7. The average molecular weight is 442 g/mol. The van der Waals surface area contributed by atoms with E-state index in [4.69, 9.17) is 16.3 Å². The lowest BCUT2D eigenvalue weighted by atomic mass is 9.84. The number of rotatable bonds is 6. The van der Waals surface area contributed by atoms with E-state index in [0.717, 1.165) is 35.3 Å². The Morgan fingerprint density at radius 2 is 1.80 bits per heavy atom. The van der Waals surface area contributed by atoms with Crippen LogP contribution in [-0.4, -0.2) is 17.2 Å². The molecule has 0 unspecified atom stereocenters. The Bertz CT molecular complexity index is 1040. The minimum Gasteiger partial charge on any atom is -0.449 e. The summed E-state index contributed by atoms with van der Waals surface area (Å²) in [5.74, 6) is -0.0566. The SMILES string of the molecule is O=C(O)Oc1sc(-c2ccccc2)cc1N(Cc1ccc(Cl)cc1)C(=O)C1CCC1.